The highest BCUT2D eigenvalue weighted by molar-refractivity contribution is 5.61. The van der Waals surface area contributed by atoms with Crippen molar-refractivity contribution in [2.75, 3.05) is 19.1 Å². The molecule has 1 unspecified atom stereocenters. The van der Waals surface area contributed by atoms with E-state index in [2.05, 4.69) is 45.7 Å². The molecule has 0 saturated carbocycles. The first-order valence-electron chi connectivity index (χ1n) is 6.85. The molecule has 0 aliphatic carbocycles. The second kappa shape index (κ2) is 5.83. The average molecular weight is 264 g/mol. The zero-order valence-electron chi connectivity index (χ0n) is 13.3. The molecular weight excluding hydrogens is 236 g/mol. The number of rotatable bonds is 4. The van der Waals surface area contributed by atoms with Crippen LogP contribution in [0.2, 0.25) is 0 Å². The van der Waals surface area contributed by atoms with Crippen LogP contribution in [0.4, 0.5) is 5.69 Å². The van der Waals surface area contributed by atoms with E-state index in [1.807, 2.05) is 19.1 Å². The fraction of sp³-hybridized carbons (Fsp3) is 0.625. The summed E-state index contributed by atoms with van der Waals surface area (Å²) >= 11 is 0. The number of benzene rings is 1. The zero-order valence-corrected chi connectivity index (χ0v) is 13.3. The van der Waals surface area contributed by atoms with Crippen LogP contribution >= 0.6 is 0 Å². The largest absolute Gasteiger partial charge is 0.496 e. The molecule has 3 heteroatoms. The van der Waals surface area contributed by atoms with Crippen molar-refractivity contribution in [2.45, 2.75) is 46.7 Å². The van der Waals surface area contributed by atoms with Crippen LogP contribution in [-0.4, -0.2) is 20.2 Å². The quantitative estimate of drug-likeness (QED) is 0.903. The minimum Gasteiger partial charge on any atom is -0.496 e. The maximum absolute atomic E-state index is 6.13. The van der Waals surface area contributed by atoms with Gasteiger partial charge in [0.05, 0.1) is 7.11 Å². The molecule has 19 heavy (non-hydrogen) atoms. The summed E-state index contributed by atoms with van der Waals surface area (Å²) in [4.78, 5) is 2.29. The monoisotopic (exact) mass is 264 g/mol. The van der Waals surface area contributed by atoms with Crippen molar-refractivity contribution in [3.8, 4) is 5.75 Å². The topological polar surface area (TPSA) is 38.5 Å². The Morgan fingerprint density at radius 3 is 2.21 bits per heavy atom. The summed E-state index contributed by atoms with van der Waals surface area (Å²) in [6.45, 7) is 11.0. The first-order valence-corrected chi connectivity index (χ1v) is 6.85. The van der Waals surface area contributed by atoms with E-state index in [1.54, 1.807) is 7.11 Å². The number of nitrogens with zero attached hydrogens (tertiary/aromatic N) is 1. The number of methoxy groups -OCH3 is 1. The summed E-state index contributed by atoms with van der Waals surface area (Å²) in [6.07, 6.45) is 0. The second-order valence-electron chi connectivity index (χ2n) is 6.33. The first-order chi connectivity index (χ1) is 8.70. The number of hydrogen-bond acceptors (Lipinski definition) is 3. The van der Waals surface area contributed by atoms with Gasteiger partial charge in [0.15, 0.2) is 0 Å². The van der Waals surface area contributed by atoms with Crippen molar-refractivity contribution >= 4 is 5.69 Å². The predicted octanol–water partition coefficient (Wildman–Crippen LogP) is 3.59. The highest BCUT2D eigenvalue weighted by Crippen LogP contribution is 2.36. The van der Waals surface area contributed by atoms with Crippen LogP contribution in [0.15, 0.2) is 18.2 Å². The molecule has 2 N–H and O–H groups in total. The Labute approximate surface area is 117 Å². The Bertz CT molecular complexity index is 421. The molecule has 0 fully saturated rings. The molecule has 3 nitrogen and oxygen atoms in total. The molecule has 1 rings (SSSR count). The van der Waals surface area contributed by atoms with Crippen LogP contribution in [0, 0.1) is 5.41 Å². The Kier molecular flexibility index (Phi) is 4.86. The van der Waals surface area contributed by atoms with Crippen LogP contribution in [-0.2, 0) is 0 Å². The molecule has 1 aromatic carbocycles. The number of ether oxygens (including phenoxy) is 1. The SMILES string of the molecule is COc1cccc(N(C)C(C)C(C)(C)C)c1[C@H](C)N. The van der Waals surface area contributed by atoms with E-state index >= 15 is 0 Å². The number of anilines is 1. The van der Waals surface area contributed by atoms with E-state index in [1.165, 1.54) is 0 Å². The molecule has 0 spiro atoms. The highest BCUT2D eigenvalue weighted by atomic mass is 16.5. The Hall–Kier alpha value is -1.22. The van der Waals surface area contributed by atoms with Crippen molar-refractivity contribution in [3.63, 3.8) is 0 Å². The van der Waals surface area contributed by atoms with Gasteiger partial charge in [0.2, 0.25) is 0 Å². The Morgan fingerprint density at radius 2 is 1.79 bits per heavy atom. The second-order valence-corrected chi connectivity index (χ2v) is 6.33. The van der Waals surface area contributed by atoms with Crippen molar-refractivity contribution in [3.05, 3.63) is 23.8 Å². The molecule has 0 aliphatic rings. The lowest BCUT2D eigenvalue weighted by atomic mass is 9.86. The van der Waals surface area contributed by atoms with Crippen molar-refractivity contribution in [1.29, 1.82) is 0 Å². The minimum absolute atomic E-state index is 0.0548. The molecule has 0 heterocycles. The van der Waals surface area contributed by atoms with Crippen molar-refractivity contribution in [1.82, 2.24) is 0 Å². The van der Waals surface area contributed by atoms with Crippen molar-refractivity contribution < 1.29 is 4.74 Å². The zero-order chi connectivity index (χ0) is 14.8. The molecular formula is C16H28N2O. The lowest BCUT2D eigenvalue weighted by Gasteiger charge is -2.38. The van der Waals surface area contributed by atoms with Gasteiger partial charge in [-0.05, 0) is 31.4 Å². The van der Waals surface area contributed by atoms with Crippen LogP contribution in [0.5, 0.6) is 5.75 Å². The molecule has 1 aromatic rings. The maximum Gasteiger partial charge on any atom is 0.125 e. The molecule has 0 aromatic heterocycles. The number of nitrogens with two attached hydrogens (primary N) is 1. The predicted molar refractivity (Wildman–Crippen MR) is 82.9 cm³/mol. The van der Waals surface area contributed by atoms with Gasteiger partial charge in [0.1, 0.15) is 5.75 Å². The fourth-order valence-electron chi connectivity index (χ4n) is 2.27. The maximum atomic E-state index is 6.13. The lowest BCUT2D eigenvalue weighted by molar-refractivity contribution is 0.328. The van der Waals surface area contributed by atoms with Crippen LogP contribution in [0.3, 0.4) is 0 Å². The van der Waals surface area contributed by atoms with Gasteiger partial charge in [-0.25, -0.2) is 0 Å². The van der Waals surface area contributed by atoms with E-state index in [4.69, 9.17) is 10.5 Å². The van der Waals surface area contributed by atoms with Crippen LogP contribution < -0.4 is 15.4 Å². The van der Waals surface area contributed by atoms with E-state index in [0.717, 1.165) is 17.0 Å². The molecule has 108 valence electrons. The summed E-state index contributed by atoms with van der Waals surface area (Å²) < 4.78 is 5.46. The fourth-order valence-corrected chi connectivity index (χ4v) is 2.27. The minimum atomic E-state index is -0.0548. The first kappa shape index (κ1) is 15.8. The van der Waals surface area contributed by atoms with Gasteiger partial charge in [0.25, 0.3) is 0 Å². The molecule has 2 atom stereocenters. The average Bonchev–Trinajstić information content (AvgIpc) is 2.34. The van der Waals surface area contributed by atoms with Gasteiger partial charge in [-0.15, -0.1) is 0 Å². The van der Waals surface area contributed by atoms with E-state index in [0.29, 0.717) is 6.04 Å². The standard InChI is InChI=1S/C16H28N2O/c1-11(17)15-13(9-8-10-14(15)19-7)18(6)12(2)16(3,4)5/h8-12H,17H2,1-7H3/t11-,12?/m0/s1. The Balaban J connectivity index is 3.27. The molecule has 0 saturated heterocycles. The number of hydrogen-bond donors (Lipinski definition) is 1. The van der Waals surface area contributed by atoms with E-state index in [-0.39, 0.29) is 11.5 Å². The van der Waals surface area contributed by atoms with E-state index in [9.17, 15) is 0 Å². The van der Waals surface area contributed by atoms with Gasteiger partial charge in [0, 0.05) is 30.4 Å². The Morgan fingerprint density at radius 1 is 1.21 bits per heavy atom. The van der Waals surface area contributed by atoms with Gasteiger partial charge in [-0.3, -0.25) is 0 Å². The summed E-state index contributed by atoms with van der Waals surface area (Å²) in [5.41, 5.74) is 8.56. The third-order valence-corrected chi connectivity index (χ3v) is 3.93. The van der Waals surface area contributed by atoms with Crippen molar-refractivity contribution in [2.24, 2.45) is 11.1 Å². The van der Waals surface area contributed by atoms with Crippen LogP contribution in [0.1, 0.15) is 46.2 Å². The summed E-state index contributed by atoms with van der Waals surface area (Å²) in [5.74, 6) is 0.862. The third kappa shape index (κ3) is 3.41. The lowest BCUT2D eigenvalue weighted by Crippen LogP contribution is -2.40. The summed E-state index contributed by atoms with van der Waals surface area (Å²) in [6, 6.07) is 6.45. The van der Waals surface area contributed by atoms with Gasteiger partial charge >= 0.3 is 0 Å². The van der Waals surface area contributed by atoms with E-state index < -0.39 is 0 Å². The van der Waals surface area contributed by atoms with Gasteiger partial charge in [-0.1, -0.05) is 26.8 Å². The smallest absolute Gasteiger partial charge is 0.125 e. The molecule has 0 bridgehead atoms. The molecule has 0 aliphatic heterocycles. The normalized spacial score (nSPS) is 14.9. The highest BCUT2D eigenvalue weighted by Gasteiger charge is 2.26. The summed E-state index contributed by atoms with van der Waals surface area (Å²) in [5, 5.41) is 0. The molecule has 0 amide bonds. The summed E-state index contributed by atoms with van der Waals surface area (Å²) in [7, 11) is 3.81. The van der Waals surface area contributed by atoms with Crippen LogP contribution in [0.25, 0.3) is 0 Å². The van der Waals surface area contributed by atoms with Gasteiger partial charge < -0.3 is 15.4 Å². The van der Waals surface area contributed by atoms with Gasteiger partial charge in [-0.2, -0.15) is 0 Å². The third-order valence-electron chi connectivity index (χ3n) is 3.93. The molecule has 0 radical (unpaired) electrons.